The molecule has 2 N–H and O–H groups in total. The van der Waals surface area contributed by atoms with Gasteiger partial charge in [-0.3, -0.25) is 4.79 Å². The predicted molar refractivity (Wildman–Crippen MR) is 41.5 cm³/mol. The Morgan fingerprint density at radius 1 is 1.70 bits per heavy atom. The molecule has 0 atom stereocenters. The van der Waals surface area contributed by atoms with Gasteiger partial charge in [-0.25, -0.2) is 0 Å². The van der Waals surface area contributed by atoms with Crippen molar-refractivity contribution in [2.75, 3.05) is 0 Å². The number of carbonyl (C=O) groups is 1. The van der Waals surface area contributed by atoms with E-state index in [1.807, 2.05) is 0 Å². The molecule has 3 heteroatoms. The van der Waals surface area contributed by atoms with Gasteiger partial charge in [0.15, 0.2) is 0 Å². The molecule has 0 spiro atoms. The maximum absolute atomic E-state index is 10.6. The van der Waals surface area contributed by atoms with Crippen LogP contribution in [0.15, 0.2) is 22.7 Å². The molecule has 0 unspecified atom stereocenters. The van der Waals surface area contributed by atoms with Gasteiger partial charge in [-0.1, -0.05) is 12.1 Å². The Hall–Kier alpha value is -0.830. The quantitative estimate of drug-likeness (QED) is 0.728. The third kappa shape index (κ3) is 1.36. The number of amides is 1. The molecular formula is C7H5BrNO. The van der Waals surface area contributed by atoms with E-state index in [1.165, 1.54) is 0 Å². The first kappa shape index (κ1) is 7.28. The SMILES string of the molecule is NC(=O)c1ccc[c]c1Br. The molecule has 0 aliphatic carbocycles. The monoisotopic (exact) mass is 198 g/mol. The van der Waals surface area contributed by atoms with Gasteiger partial charge in [0.05, 0.1) is 5.56 Å². The molecule has 0 aliphatic heterocycles. The van der Waals surface area contributed by atoms with Crippen LogP contribution in [0.2, 0.25) is 0 Å². The van der Waals surface area contributed by atoms with Crippen LogP contribution in [-0.4, -0.2) is 5.91 Å². The number of hydrogen-bond donors (Lipinski definition) is 1. The molecule has 0 aliphatic rings. The van der Waals surface area contributed by atoms with E-state index in [4.69, 9.17) is 5.73 Å². The van der Waals surface area contributed by atoms with Crippen LogP contribution in [0.4, 0.5) is 0 Å². The molecule has 0 aromatic heterocycles. The third-order valence-electron chi connectivity index (χ3n) is 1.07. The Bertz CT molecular complexity index is 260. The standard InChI is InChI=1S/C7H5BrNO/c8-6-4-2-1-3-5(6)7(9)10/h1-3H,(H2,9,10). The summed E-state index contributed by atoms with van der Waals surface area (Å²) in [6.45, 7) is 0. The molecule has 2 nitrogen and oxygen atoms in total. The van der Waals surface area contributed by atoms with E-state index in [0.29, 0.717) is 10.0 Å². The van der Waals surface area contributed by atoms with Crippen LogP contribution >= 0.6 is 15.9 Å². The van der Waals surface area contributed by atoms with Crippen molar-refractivity contribution in [2.45, 2.75) is 0 Å². The van der Waals surface area contributed by atoms with Gasteiger partial charge >= 0.3 is 0 Å². The normalized spacial score (nSPS) is 9.30. The average Bonchev–Trinajstić information content (AvgIpc) is 1.88. The lowest BCUT2D eigenvalue weighted by atomic mass is 10.2. The summed E-state index contributed by atoms with van der Waals surface area (Å²) < 4.78 is 0.613. The number of halogens is 1. The molecule has 0 saturated heterocycles. The third-order valence-corrected chi connectivity index (χ3v) is 1.73. The molecule has 1 rings (SSSR count). The topological polar surface area (TPSA) is 43.1 Å². The highest BCUT2D eigenvalue weighted by molar-refractivity contribution is 9.10. The predicted octanol–water partition coefficient (Wildman–Crippen LogP) is 1.35. The van der Waals surface area contributed by atoms with E-state index < -0.39 is 5.91 Å². The van der Waals surface area contributed by atoms with Gasteiger partial charge in [-0.2, -0.15) is 0 Å². The summed E-state index contributed by atoms with van der Waals surface area (Å²) in [6, 6.07) is 7.86. The molecule has 1 aromatic rings. The van der Waals surface area contributed by atoms with E-state index in [2.05, 4.69) is 22.0 Å². The van der Waals surface area contributed by atoms with Gasteiger partial charge in [0.25, 0.3) is 0 Å². The lowest BCUT2D eigenvalue weighted by molar-refractivity contribution is 0.0999. The van der Waals surface area contributed by atoms with E-state index in [1.54, 1.807) is 18.2 Å². The molecule has 51 valence electrons. The van der Waals surface area contributed by atoms with E-state index in [-0.39, 0.29) is 0 Å². The summed E-state index contributed by atoms with van der Waals surface area (Å²) in [5, 5.41) is 0. The van der Waals surface area contributed by atoms with Crippen molar-refractivity contribution in [2.24, 2.45) is 5.73 Å². The molecule has 1 amide bonds. The van der Waals surface area contributed by atoms with E-state index in [9.17, 15) is 4.79 Å². The number of hydrogen-bond acceptors (Lipinski definition) is 1. The van der Waals surface area contributed by atoms with Gasteiger partial charge in [-0.05, 0) is 28.1 Å². The first-order chi connectivity index (χ1) is 4.72. The molecule has 0 saturated carbocycles. The second-order valence-corrected chi connectivity index (χ2v) is 2.56. The van der Waals surface area contributed by atoms with Gasteiger partial charge in [-0.15, -0.1) is 0 Å². The second-order valence-electron chi connectivity index (χ2n) is 1.76. The van der Waals surface area contributed by atoms with Crippen LogP contribution in [0.5, 0.6) is 0 Å². The summed E-state index contributed by atoms with van der Waals surface area (Å²) in [6.07, 6.45) is 0. The average molecular weight is 199 g/mol. The summed E-state index contributed by atoms with van der Waals surface area (Å²) in [4.78, 5) is 10.6. The van der Waals surface area contributed by atoms with Crippen LogP contribution in [0, 0.1) is 6.07 Å². The highest BCUT2D eigenvalue weighted by Gasteiger charge is 2.02. The summed E-state index contributed by atoms with van der Waals surface area (Å²) in [5.74, 6) is -0.441. The Morgan fingerprint density at radius 2 is 2.40 bits per heavy atom. The van der Waals surface area contributed by atoms with Crippen molar-refractivity contribution in [1.29, 1.82) is 0 Å². The summed E-state index contributed by atoms with van der Waals surface area (Å²) >= 11 is 3.14. The number of carbonyl (C=O) groups excluding carboxylic acids is 1. The fourth-order valence-electron chi connectivity index (χ4n) is 0.607. The molecular weight excluding hydrogens is 194 g/mol. The molecule has 1 aromatic carbocycles. The summed E-state index contributed by atoms with van der Waals surface area (Å²) in [5.41, 5.74) is 5.49. The van der Waals surface area contributed by atoms with Crippen molar-refractivity contribution in [3.63, 3.8) is 0 Å². The first-order valence-electron chi connectivity index (χ1n) is 2.68. The number of benzene rings is 1. The number of primary amides is 1. The zero-order valence-electron chi connectivity index (χ0n) is 5.10. The Balaban J connectivity index is 3.15. The fourth-order valence-corrected chi connectivity index (χ4v) is 1.07. The number of nitrogens with two attached hydrogens (primary N) is 1. The van der Waals surface area contributed by atoms with Crippen molar-refractivity contribution in [1.82, 2.24) is 0 Å². The second kappa shape index (κ2) is 2.84. The van der Waals surface area contributed by atoms with Crippen molar-refractivity contribution >= 4 is 21.8 Å². The molecule has 0 heterocycles. The zero-order chi connectivity index (χ0) is 7.56. The maximum atomic E-state index is 10.6. The van der Waals surface area contributed by atoms with Crippen LogP contribution in [-0.2, 0) is 0 Å². The minimum atomic E-state index is -0.441. The van der Waals surface area contributed by atoms with Crippen LogP contribution in [0.3, 0.4) is 0 Å². The van der Waals surface area contributed by atoms with Gasteiger partial charge in [0.1, 0.15) is 0 Å². The minimum absolute atomic E-state index is 0.441. The van der Waals surface area contributed by atoms with Crippen LogP contribution < -0.4 is 5.73 Å². The van der Waals surface area contributed by atoms with Gasteiger partial charge in [0.2, 0.25) is 5.91 Å². The molecule has 10 heavy (non-hydrogen) atoms. The molecule has 0 bridgehead atoms. The van der Waals surface area contributed by atoms with Crippen molar-refractivity contribution < 1.29 is 4.79 Å². The Morgan fingerprint density at radius 3 is 2.80 bits per heavy atom. The van der Waals surface area contributed by atoms with E-state index >= 15 is 0 Å². The van der Waals surface area contributed by atoms with Crippen LogP contribution in [0.25, 0.3) is 0 Å². The zero-order valence-corrected chi connectivity index (χ0v) is 6.68. The summed E-state index contributed by atoms with van der Waals surface area (Å²) in [7, 11) is 0. The highest BCUT2D eigenvalue weighted by atomic mass is 79.9. The fraction of sp³-hybridized carbons (Fsp3) is 0. The molecule has 1 radical (unpaired) electrons. The Kier molecular flexibility index (Phi) is 2.06. The van der Waals surface area contributed by atoms with Crippen molar-refractivity contribution in [3.8, 4) is 0 Å². The van der Waals surface area contributed by atoms with Crippen LogP contribution in [0.1, 0.15) is 10.4 Å². The van der Waals surface area contributed by atoms with E-state index in [0.717, 1.165) is 0 Å². The number of rotatable bonds is 1. The highest BCUT2D eigenvalue weighted by Crippen LogP contribution is 2.13. The maximum Gasteiger partial charge on any atom is 0.249 e. The largest absolute Gasteiger partial charge is 0.366 e. The molecule has 0 fully saturated rings. The Labute approximate surface area is 67.2 Å². The van der Waals surface area contributed by atoms with Gasteiger partial charge in [0, 0.05) is 4.47 Å². The smallest absolute Gasteiger partial charge is 0.249 e. The minimum Gasteiger partial charge on any atom is -0.366 e. The van der Waals surface area contributed by atoms with Gasteiger partial charge < -0.3 is 5.73 Å². The lowest BCUT2D eigenvalue weighted by Crippen LogP contribution is -2.11. The lowest BCUT2D eigenvalue weighted by Gasteiger charge is -1.95. The first-order valence-corrected chi connectivity index (χ1v) is 3.47. The van der Waals surface area contributed by atoms with Crippen molar-refractivity contribution in [3.05, 3.63) is 34.3 Å².